The van der Waals surface area contributed by atoms with Crippen molar-refractivity contribution in [1.82, 2.24) is 0 Å². The van der Waals surface area contributed by atoms with Gasteiger partial charge in [-0.25, -0.2) is 0 Å². The molecule has 1 atom stereocenters. The first kappa shape index (κ1) is 18.2. The summed E-state index contributed by atoms with van der Waals surface area (Å²) in [6.07, 6.45) is 0.639. The standard InChI is InChI=1S/C23H23NO4/c1-23(16-12-20(25-2)22(27-4)21(13-16)26-3)14-19(24-28-23)18-11-7-9-15-8-5-6-10-17(15)18/h5-13H,14H2,1-4H3. The van der Waals surface area contributed by atoms with Gasteiger partial charge in [0.2, 0.25) is 5.75 Å². The fourth-order valence-electron chi connectivity index (χ4n) is 3.70. The Labute approximate surface area is 164 Å². The molecule has 5 heteroatoms. The fourth-order valence-corrected chi connectivity index (χ4v) is 3.70. The number of hydrogen-bond acceptors (Lipinski definition) is 5. The van der Waals surface area contributed by atoms with Gasteiger partial charge in [-0.3, -0.25) is 0 Å². The number of rotatable bonds is 5. The van der Waals surface area contributed by atoms with E-state index in [0.29, 0.717) is 23.7 Å². The van der Waals surface area contributed by atoms with Crippen LogP contribution in [0.4, 0.5) is 0 Å². The molecule has 1 unspecified atom stereocenters. The normalized spacial score (nSPS) is 18.5. The van der Waals surface area contributed by atoms with Crippen LogP contribution in [0.1, 0.15) is 24.5 Å². The molecule has 0 saturated heterocycles. The molecule has 1 heterocycles. The number of hydrogen-bond donors (Lipinski definition) is 0. The lowest BCUT2D eigenvalue weighted by Gasteiger charge is -2.24. The predicted octanol–water partition coefficient (Wildman–Crippen LogP) is 4.91. The number of fused-ring (bicyclic) bond motifs is 1. The van der Waals surface area contributed by atoms with Crippen LogP contribution in [-0.4, -0.2) is 27.0 Å². The molecule has 1 aliphatic heterocycles. The summed E-state index contributed by atoms with van der Waals surface area (Å²) in [5.41, 5.74) is 2.31. The topological polar surface area (TPSA) is 49.3 Å². The lowest BCUT2D eigenvalue weighted by molar-refractivity contribution is -0.00770. The van der Waals surface area contributed by atoms with Gasteiger partial charge in [-0.05, 0) is 29.8 Å². The molecule has 0 N–H and O–H groups in total. The summed E-state index contributed by atoms with van der Waals surface area (Å²) in [5.74, 6) is 1.76. The minimum Gasteiger partial charge on any atom is -0.493 e. The van der Waals surface area contributed by atoms with E-state index in [4.69, 9.17) is 19.0 Å². The van der Waals surface area contributed by atoms with Gasteiger partial charge in [0.25, 0.3) is 0 Å². The average Bonchev–Trinajstić information content (AvgIpc) is 3.15. The molecule has 4 rings (SSSR count). The van der Waals surface area contributed by atoms with Gasteiger partial charge in [-0.1, -0.05) is 47.6 Å². The molecule has 1 aliphatic rings. The van der Waals surface area contributed by atoms with Gasteiger partial charge >= 0.3 is 0 Å². The zero-order valence-electron chi connectivity index (χ0n) is 16.5. The summed E-state index contributed by atoms with van der Waals surface area (Å²) in [6.45, 7) is 2.02. The van der Waals surface area contributed by atoms with Gasteiger partial charge in [0.15, 0.2) is 17.1 Å². The Morgan fingerprint density at radius 2 is 1.57 bits per heavy atom. The fraction of sp³-hybridized carbons (Fsp3) is 0.261. The second-order valence-electron chi connectivity index (χ2n) is 6.98. The maximum absolute atomic E-state index is 5.95. The van der Waals surface area contributed by atoms with Crippen molar-refractivity contribution in [3.05, 3.63) is 65.7 Å². The van der Waals surface area contributed by atoms with Gasteiger partial charge < -0.3 is 19.0 Å². The van der Waals surface area contributed by atoms with Crippen LogP contribution in [0.3, 0.4) is 0 Å². The highest BCUT2D eigenvalue weighted by Gasteiger charge is 2.38. The first-order valence-electron chi connectivity index (χ1n) is 9.13. The molecule has 0 spiro atoms. The molecule has 3 aromatic carbocycles. The van der Waals surface area contributed by atoms with Crippen molar-refractivity contribution in [1.29, 1.82) is 0 Å². The molecule has 0 fully saturated rings. The zero-order valence-corrected chi connectivity index (χ0v) is 16.5. The molecule has 0 bridgehead atoms. The highest BCUT2D eigenvalue weighted by Crippen LogP contribution is 2.45. The molecule has 5 nitrogen and oxygen atoms in total. The number of methoxy groups -OCH3 is 3. The Morgan fingerprint density at radius 3 is 2.25 bits per heavy atom. The largest absolute Gasteiger partial charge is 0.493 e. The summed E-state index contributed by atoms with van der Waals surface area (Å²) in [7, 11) is 4.81. The number of ether oxygens (including phenoxy) is 3. The van der Waals surface area contributed by atoms with E-state index >= 15 is 0 Å². The predicted molar refractivity (Wildman–Crippen MR) is 110 cm³/mol. The van der Waals surface area contributed by atoms with Crippen LogP contribution in [-0.2, 0) is 10.4 Å². The van der Waals surface area contributed by atoms with Crippen molar-refractivity contribution in [2.45, 2.75) is 18.9 Å². The minimum atomic E-state index is -0.626. The lowest BCUT2D eigenvalue weighted by atomic mass is 9.87. The van der Waals surface area contributed by atoms with E-state index in [1.165, 1.54) is 10.8 Å². The summed E-state index contributed by atoms with van der Waals surface area (Å²) >= 11 is 0. The average molecular weight is 377 g/mol. The Kier molecular flexibility index (Phi) is 4.59. The van der Waals surface area contributed by atoms with Gasteiger partial charge in [-0.2, -0.15) is 0 Å². The molecular formula is C23H23NO4. The maximum atomic E-state index is 5.95. The molecule has 0 aliphatic carbocycles. The van der Waals surface area contributed by atoms with Gasteiger partial charge in [0.1, 0.15) is 0 Å². The van der Waals surface area contributed by atoms with E-state index in [9.17, 15) is 0 Å². The molecule has 0 radical (unpaired) electrons. The molecule has 0 aromatic heterocycles. The molecule has 28 heavy (non-hydrogen) atoms. The molecule has 144 valence electrons. The van der Waals surface area contributed by atoms with Crippen LogP contribution < -0.4 is 14.2 Å². The van der Waals surface area contributed by atoms with Crippen molar-refractivity contribution in [2.24, 2.45) is 5.16 Å². The van der Waals surface area contributed by atoms with Crippen LogP contribution in [0.15, 0.2) is 59.8 Å². The second kappa shape index (κ2) is 7.08. The quantitative estimate of drug-likeness (QED) is 0.634. The van der Waals surface area contributed by atoms with E-state index in [1.54, 1.807) is 21.3 Å². The van der Waals surface area contributed by atoms with E-state index in [0.717, 1.165) is 16.8 Å². The van der Waals surface area contributed by atoms with Crippen molar-refractivity contribution < 1.29 is 19.0 Å². The first-order chi connectivity index (χ1) is 13.6. The zero-order chi connectivity index (χ0) is 19.7. The molecule has 3 aromatic rings. The Bertz CT molecular complexity index is 1030. The highest BCUT2D eigenvalue weighted by atomic mass is 16.7. The maximum Gasteiger partial charge on any atom is 0.203 e. The van der Waals surface area contributed by atoms with Crippen molar-refractivity contribution in [3.8, 4) is 17.2 Å². The minimum absolute atomic E-state index is 0.561. The summed E-state index contributed by atoms with van der Waals surface area (Å²) in [6, 6.07) is 18.4. The second-order valence-corrected chi connectivity index (χ2v) is 6.98. The smallest absolute Gasteiger partial charge is 0.203 e. The van der Waals surface area contributed by atoms with Crippen molar-refractivity contribution >= 4 is 16.5 Å². The summed E-state index contributed by atoms with van der Waals surface area (Å²) < 4.78 is 16.4. The summed E-state index contributed by atoms with van der Waals surface area (Å²) in [4.78, 5) is 5.95. The van der Waals surface area contributed by atoms with Gasteiger partial charge in [-0.15, -0.1) is 0 Å². The number of benzene rings is 3. The monoisotopic (exact) mass is 377 g/mol. The van der Waals surface area contributed by atoms with E-state index < -0.39 is 5.60 Å². The Hall–Kier alpha value is -3.21. The van der Waals surface area contributed by atoms with Crippen LogP contribution in [0.2, 0.25) is 0 Å². The molecular weight excluding hydrogens is 354 g/mol. The van der Waals surface area contributed by atoms with Crippen LogP contribution >= 0.6 is 0 Å². The Balaban J connectivity index is 1.72. The van der Waals surface area contributed by atoms with E-state index in [1.807, 2.05) is 31.2 Å². The summed E-state index contributed by atoms with van der Waals surface area (Å²) in [5, 5.41) is 6.80. The highest BCUT2D eigenvalue weighted by molar-refractivity contribution is 6.11. The first-order valence-corrected chi connectivity index (χ1v) is 9.13. The van der Waals surface area contributed by atoms with Crippen LogP contribution in [0.25, 0.3) is 10.8 Å². The third-order valence-corrected chi connectivity index (χ3v) is 5.24. The van der Waals surface area contributed by atoms with Crippen molar-refractivity contribution in [2.75, 3.05) is 21.3 Å². The SMILES string of the molecule is COc1cc(C2(C)CC(c3cccc4ccccc34)=NO2)cc(OC)c1OC. The van der Waals surface area contributed by atoms with E-state index in [-0.39, 0.29) is 0 Å². The third-order valence-electron chi connectivity index (χ3n) is 5.24. The lowest BCUT2D eigenvalue weighted by Crippen LogP contribution is -2.22. The number of nitrogens with zero attached hydrogens (tertiary/aromatic N) is 1. The molecule has 0 amide bonds. The van der Waals surface area contributed by atoms with Crippen molar-refractivity contribution in [3.63, 3.8) is 0 Å². The number of oxime groups is 1. The van der Waals surface area contributed by atoms with Gasteiger partial charge in [0, 0.05) is 17.5 Å². The van der Waals surface area contributed by atoms with Gasteiger partial charge in [0.05, 0.1) is 27.0 Å². The van der Waals surface area contributed by atoms with E-state index in [2.05, 4.69) is 35.5 Å². The van der Waals surface area contributed by atoms with Crippen LogP contribution in [0, 0.1) is 0 Å². The molecule has 0 saturated carbocycles. The van der Waals surface area contributed by atoms with Crippen LogP contribution in [0.5, 0.6) is 17.2 Å². The third kappa shape index (κ3) is 2.93. The Morgan fingerprint density at radius 1 is 0.893 bits per heavy atom.